The van der Waals surface area contributed by atoms with Crippen molar-refractivity contribution in [2.24, 2.45) is 7.05 Å². The van der Waals surface area contributed by atoms with Gasteiger partial charge in [0.2, 0.25) is 0 Å². The van der Waals surface area contributed by atoms with Crippen molar-refractivity contribution in [3.8, 4) is 0 Å². The number of imide groups is 1. The molecule has 2 aliphatic rings. The first-order valence-electron chi connectivity index (χ1n) is 7.40. The van der Waals surface area contributed by atoms with E-state index in [0.717, 1.165) is 5.69 Å². The highest BCUT2D eigenvalue weighted by Gasteiger charge is 2.39. The fraction of sp³-hybridized carbons (Fsp3) is 0.250. The Labute approximate surface area is 136 Å². The molecule has 2 amide bonds. The number of amides is 2. The first kappa shape index (κ1) is 14.6. The Morgan fingerprint density at radius 3 is 2.54 bits per heavy atom. The van der Waals surface area contributed by atoms with Gasteiger partial charge in [0.25, 0.3) is 11.8 Å². The lowest BCUT2D eigenvalue weighted by atomic mass is 10.1. The summed E-state index contributed by atoms with van der Waals surface area (Å²) >= 11 is 0. The van der Waals surface area contributed by atoms with E-state index in [2.05, 4.69) is 5.10 Å². The van der Waals surface area contributed by atoms with Crippen LogP contribution in [-0.2, 0) is 29.6 Å². The average Bonchev–Trinajstić information content (AvgIpc) is 3.06. The normalized spacial score (nSPS) is 16.1. The van der Waals surface area contributed by atoms with E-state index in [0.29, 0.717) is 23.7 Å². The quantitative estimate of drug-likeness (QED) is 0.760. The number of carbonyl (C=O) groups is 3. The van der Waals surface area contributed by atoms with Crippen LogP contribution in [0.2, 0.25) is 0 Å². The molecular formula is C16H13N3O5. The van der Waals surface area contributed by atoms with Crippen molar-refractivity contribution in [1.29, 1.82) is 0 Å². The van der Waals surface area contributed by atoms with Crippen molar-refractivity contribution in [3.05, 3.63) is 52.3 Å². The van der Waals surface area contributed by atoms with Gasteiger partial charge >= 0.3 is 5.97 Å². The van der Waals surface area contributed by atoms with E-state index in [1.807, 2.05) is 0 Å². The lowest BCUT2D eigenvalue weighted by Gasteiger charge is -2.14. The molecule has 0 aliphatic carbocycles. The second-order valence-electron chi connectivity index (χ2n) is 5.53. The van der Waals surface area contributed by atoms with E-state index < -0.39 is 17.8 Å². The Morgan fingerprint density at radius 2 is 1.88 bits per heavy atom. The summed E-state index contributed by atoms with van der Waals surface area (Å²) in [7, 11) is 1.73. The van der Waals surface area contributed by atoms with Gasteiger partial charge in [0.1, 0.15) is 0 Å². The van der Waals surface area contributed by atoms with Crippen LogP contribution in [0, 0.1) is 0 Å². The molecular weight excluding hydrogens is 314 g/mol. The Balaban J connectivity index is 1.62. The van der Waals surface area contributed by atoms with Gasteiger partial charge in [-0.15, -0.1) is 0 Å². The maximum atomic E-state index is 12.4. The largest absolute Gasteiger partial charge is 0.384 e. The van der Waals surface area contributed by atoms with Crippen molar-refractivity contribution < 1.29 is 24.0 Å². The molecule has 0 bridgehead atoms. The van der Waals surface area contributed by atoms with E-state index in [1.54, 1.807) is 23.9 Å². The molecule has 1 aromatic carbocycles. The highest BCUT2D eigenvalue weighted by atomic mass is 16.7. The Morgan fingerprint density at radius 1 is 1.21 bits per heavy atom. The van der Waals surface area contributed by atoms with Gasteiger partial charge in [-0.05, 0) is 12.1 Å². The lowest BCUT2D eigenvalue weighted by Crippen LogP contribution is -2.33. The number of ether oxygens (including phenoxy) is 1. The van der Waals surface area contributed by atoms with Crippen LogP contribution < -0.4 is 0 Å². The fourth-order valence-electron chi connectivity index (χ4n) is 2.95. The summed E-state index contributed by atoms with van der Waals surface area (Å²) in [6.07, 6.45) is 0.638. The number of aryl methyl sites for hydroxylation is 1. The molecule has 0 atom stereocenters. The molecule has 0 saturated heterocycles. The number of benzene rings is 1. The summed E-state index contributed by atoms with van der Waals surface area (Å²) < 4.78 is 6.95. The van der Waals surface area contributed by atoms with Gasteiger partial charge in [-0.1, -0.05) is 17.2 Å². The van der Waals surface area contributed by atoms with Gasteiger partial charge < -0.3 is 9.57 Å². The number of hydrogen-bond donors (Lipinski definition) is 0. The highest BCUT2D eigenvalue weighted by molar-refractivity contribution is 6.21. The molecule has 0 saturated carbocycles. The SMILES string of the molecule is Cn1nc(C(=O)ON2C(=O)c3ccccc3C2=O)c2c1CCOC2. The van der Waals surface area contributed by atoms with Gasteiger partial charge in [0.15, 0.2) is 5.69 Å². The van der Waals surface area contributed by atoms with Gasteiger partial charge in [-0.25, -0.2) is 4.79 Å². The number of rotatable bonds is 2. The van der Waals surface area contributed by atoms with E-state index in [-0.39, 0.29) is 23.4 Å². The first-order valence-corrected chi connectivity index (χ1v) is 7.40. The molecule has 0 spiro atoms. The topological polar surface area (TPSA) is 90.7 Å². The first-order chi connectivity index (χ1) is 11.6. The minimum atomic E-state index is -0.855. The van der Waals surface area contributed by atoms with Crippen molar-refractivity contribution in [3.63, 3.8) is 0 Å². The van der Waals surface area contributed by atoms with E-state index in [4.69, 9.17) is 9.57 Å². The Kier molecular flexibility index (Phi) is 3.20. The fourth-order valence-corrected chi connectivity index (χ4v) is 2.95. The predicted octanol–water partition coefficient (Wildman–Crippen LogP) is 0.861. The Hall–Kier alpha value is -3.00. The van der Waals surface area contributed by atoms with Crippen molar-refractivity contribution in [1.82, 2.24) is 14.8 Å². The molecule has 0 unspecified atom stereocenters. The van der Waals surface area contributed by atoms with Gasteiger partial charge in [-0.3, -0.25) is 14.3 Å². The molecule has 1 aromatic heterocycles. The van der Waals surface area contributed by atoms with Gasteiger partial charge in [0, 0.05) is 24.7 Å². The molecule has 2 aromatic rings. The zero-order valence-electron chi connectivity index (χ0n) is 12.8. The Bertz CT molecular complexity index is 851. The monoisotopic (exact) mass is 327 g/mol. The smallest absolute Gasteiger partial charge is 0.376 e. The standard InChI is InChI=1S/C16H13N3O5/c1-18-12-6-7-23-8-11(12)13(17-18)16(22)24-19-14(20)9-4-2-3-5-10(9)15(19)21/h2-5H,6-8H2,1H3. The van der Waals surface area contributed by atoms with Crippen LogP contribution in [0.25, 0.3) is 0 Å². The number of fused-ring (bicyclic) bond motifs is 2. The summed E-state index contributed by atoms with van der Waals surface area (Å²) in [6, 6.07) is 6.31. The zero-order chi connectivity index (χ0) is 16.8. The molecule has 8 nitrogen and oxygen atoms in total. The van der Waals surface area contributed by atoms with Crippen LogP contribution >= 0.6 is 0 Å². The minimum Gasteiger partial charge on any atom is -0.376 e. The van der Waals surface area contributed by atoms with Crippen molar-refractivity contribution in [2.75, 3.05) is 6.61 Å². The van der Waals surface area contributed by atoms with E-state index >= 15 is 0 Å². The van der Waals surface area contributed by atoms with Gasteiger partial charge in [-0.2, -0.15) is 5.10 Å². The number of aromatic nitrogens is 2. The summed E-state index contributed by atoms with van der Waals surface area (Å²) in [5.41, 5.74) is 1.99. The molecule has 4 rings (SSSR count). The molecule has 3 heterocycles. The maximum Gasteiger partial charge on any atom is 0.384 e. The van der Waals surface area contributed by atoms with Crippen LogP contribution in [0.4, 0.5) is 0 Å². The van der Waals surface area contributed by atoms with Crippen molar-refractivity contribution >= 4 is 17.8 Å². The number of hydrogen-bond acceptors (Lipinski definition) is 6. The van der Waals surface area contributed by atoms with Gasteiger partial charge in [0.05, 0.1) is 24.3 Å². The lowest BCUT2D eigenvalue weighted by molar-refractivity contribution is -0.0591. The zero-order valence-corrected chi connectivity index (χ0v) is 12.8. The van der Waals surface area contributed by atoms with Crippen LogP contribution in [0.5, 0.6) is 0 Å². The third-order valence-corrected chi connectivity index (χ3v) is 4.13. The van der Waals surface area contributed by atoms with E-state index in [1.165, 1.54) is 12.1 Å². The average molecular weight is 327 g/mol. The van der Waals surface area contributed by atoms with Crippen LogP contribution in [0.3, 0.4) is 0 Å². The summed E-state index contributed by atoms with van der Waals surface area (Å²) in [5.74, 6) is -2.18. The predicted molar refractivity (Wildman–Crippen MR) is 78.9 cm³/mol. The molecule has 0 N–H and O–H groups in total. The highest BCUT2D eigenvalue weighted by Crippen LogP contribution is 2.25. The molecule has 2 aliphatic heterocycles. The summed E-state index contributed by atoms with van der Waals surface area (Å²) in [4.78, 5) is 42.0. The summed E-state index contributed by atoms with van der Waals surface area (Å²) in [6.45, 7) is 0.801. The number of nitrogens with zero attached hydrogens (tertiary/aromatic N) is 3. The van der Waals surface area contributed by atoms with E-state index in [9.17, 15) is 14.4 Å². The number of carbonyl (C=O) groups excluding carboxylic acids is 3. The molecule has 0 radical (unpaired) electrons. The third kappa shape index (κ3) is 2.04. The molecule has 122 valence electrons. The molecule has 8 heteroatoms. The van der Waals surface area contributed by atoms with Crippen LogP contribution in [0.1, 0.15) is 42.5 Å². The molecule has 24 heavy (non-hydrogen) atoms. The minimum absolute atomic E-state index is 0.0590. The van der Waals surface area contributed by atoms with Crippen LogP contribution in [0.15, 0.2) is 24.3 Å². The summed E-state index contributed by atoms with van der Waals surface area (Å²) in [5, 5.41) is 4.63. The van der Waals surface area contributed by atoms with Crippen molar-refractivity contribution in [2.45, 2.75) is 13.0 Å². The second-order valence-corrected chi connectivity index (χ2v) is 5.53. The van der Waals surface area contributed by atoms with Crippen LogP contribution in [-0.4, -0.2) is 39.2 Å². The maximum absolute atomic E-state index is 12.4. The second kappa shape index (κ2) is 5.27. The third-order valence-electron chi connectivity index (χ3n) is 4.13. The number of hydroxylamine groups is 2. The molecule has 0 fully saturated rings.